The third-order valence-corrected chi connectivity index (χ3v) is 4.76. The zero-order valence-electron chi connectivity index (χ0n) is 17.4. The summed E-state index contributed by atoms with van der Waals surface area (Å²) in [5.74, 6) is -0.0390. The largest absolute Gasteiger partial charge is 0.493 e. The number of hydrogen-bond acceptors (Lipinski definition) is 6. The predicted molar refractivity (Wildman–Crippen MR) is 107 cm³/mol. The van der Waals surface area contributed by atoms with Crippen LogP contribution >= 0.6 is 0 Å². The van der Waals surface area contributed by atoms with Crippen molar-refractivity contribution in [2.24, 2.45) is 5.92 Å². The van der Waals surface area contributed by atoms with Crippen molar-refractivity contribution in [3.63, 3.8) is 0 Å². The number of nitrogens with one attached hydrogen (secondary N) is 1. The summed E-state index contributed by atoms with van der Waals surface area (Å²) in [6.45, 7) is 1.26. The van der Waals surface area contributed by atoms with Crippen LogP contribution in [0.3, 0.4) is 0 Å². The smallest absolute Gasteiger partial charge is 0.239 e. The maximum Gasteiger partial charge on any atom is 0.239 e. The van der Waals surface area contributed by atoms with Gasteiger partial charge in [0.15, 0.2) is 11.5 Å². The van der Waals surface area contributed by atoms with Crippen LogP contribution in [0.4, 0.5) is 5.69 Å². The van der Waals surface area contributed by atoms with Crippen LogP contribution in [0.15, 0.2) is 18.2 Å². The van der Waals surface area contributed by atoms with E-state index >= 15 is 0 Å². The van der Waals surface area contributed by atoms with E-state index in [-0.39, 0.29) is 37.2 Å². The molecule has 0 bridgehead atoms. The standard InChI is InChI=1S/C20H29N3O6/c1-22(13-18(24)21-8-5-9-27-2)20(26)14-10-19(25)23(12-14)15-6-7-16(28-3)17(11-15)29-4/h6-7,11,14H,5,8-10,12-13H2,1-4H3,(H,21,24). The van der Waals surface area contributed by atoms with Crippen molar-refractivity contribution >= 4 is 23.4 Å². The zero-order chi connectivity index (χ0) is 21.4. The average molecular weight is 407 g/mol. The molecule has 1 aromatic rings. The van der Waals surface area contributed by atoms with Crippen molar-refractivity contribution in [2.45, 2.75) is 12.8 Å². The highest BCUT2D eigenvalue weighted by Crippen LogP contribution is 2.34. The Labute approximate surface area is 170 Å². The predicted octanol–water partition coefficient (Wildman–Crippen LogP) is 0.668. The molecule has 1 fully saturated rings. The average Bonchev–Trinajstić information content (AvgIpc) is 3.11. The van der Waals surface area contributed by atoms with Gasteiger partial charge in [-0.25, -0.2) is 0 Å². The lowest BCUT2D eigenvalue weighted by molar-refractivity contribution is -0.138. The van der Waals surface area contributed by atoms with E-state index in [1.807, 2.05) is 0 Å². The second kappa shape index (κ2) is 10.7. The molecule has 1 saturated heterocycles. The van der Waals surface area contributed by atoms with Crippen LogP contribution in [0.1, 0.15) is 12.8 Å². The SMILES string of the molecule is COCCCNC(=O)CN(C)C(=O)C1CC(=O)N(c2ccc(OC)c(OC)c2)C1. The van der Waals surface area contributed by atoms with Crippen LogP contribution < -0.4 is 19.7 Å². The molecule has 1 heterocycles. The summed E-state index contributed by atoms with van der Waals surface area (Å²) in [5, 5.41) is 2.74. The number of carbonyl (C=O) groups excluding carboxylic acids is 3. The Bertz CT molecular complexity index is 739. The normalized spacial score (nSPS) is 15.9. The van der Waals surface area contributed by atoms with Crippen molar-refractivity contribution in [1.82, 2.24) is 10.2 Å². The Hall–Kier alpha value is -2.81. The number of methoxy groups -OCH3 is 3. The number of benzene rings is 1. The van der Waals surface area contributed by atoms with Crippen LogP contribution in [-0.4, -0.2) is 77.2 Å². The molecule has 0 spiro atoms. The highest BCUT2D eigenvalue weighted by molar-refractivity contribution is 6.01. The molecule has 1 unspecified atom stereocenters. The molecule has 0 radical (unpaired) electrons. The van der Waals surface area contributed by atoms with E-state index in [2.05, 4.69) is 5.32 Å². The Balaban J connectivity index is 1.95. The molecule has 1 N–H and O–H groups in total. The van der Waals surface area contributed by atoms with E-state index < -0.39 is 5.92 Å². The molecule has 0 aliphatic carbocycles. The molecular weight excluding hydrogens is 378 g/mol. The molecule has 160 valence electrons. The van der Waals surface area contributed by atoms with Crippen molar-refractivity contribution in [3.8, 4) is 11.5 Å². The Kier molecular flexibility index (Phi) is 8.26. The van der Waals surface area contributed by atoms with E-state index in [0.717, 1.165) is 0 Å². The van der Waals surface area contributed by atoms with Gasteiger partial charge >= 0.3 is 0 Å². The maximum absolute atomic E-state index is 12.7. The summed E-state index contributed by atoms with van der Waals surface area (Å²) >= 11 is 0. The molecule has 29 heavy (non-hydrogen) atoms. The molecule has 0 saturated carbocycles. The van der Waals surface area contributed by atoms with Gasteiger partial charge in [0.1, 0.15) is 0 Å². The van der Waals surface area contributed by atoms with E-state index in [1.54, 1.807) is 37.3 Å². The number of likely N-dealkylation sites (N-methyl/N-ethyl adjacent to an activating group) is 1. The number of rotatable bonds is 10. The number of hydrogen-bond donors (Lipinski definition) is 1. The highest BCUT2D eigenvalue weighted by atomic mass is 16.5. The van der Waals surface area contributed by atoms with Gasteiger partial charge in [-0.1, -0.05) is 0 Å². The molecule has 1 aliphatic heterocycles. The number of carbonyl (C=O) groups is 3. The number of anilines is 1. The fourth-order valence-electron chi connectivity index (χ4n) is 3.22. The van der Waals surface area contributed by atoms with Crippen molar-refractivity contribution in [3.05, 3.63) is 18.2 Å². The van der Waals surface area contributed by atoms with Crippen LogP contribution in [-0.2, 0) is 19.1 Å². The quantitative estimate of drug-likeness (QED) is 0.573. The van der Waals surface area contributed by atoms with Gasteiger partial charge in [-0.05, 0) is 18.6 Å². The molecule has 9 heteroatoms. The second-order valence-electron chi connectivity index (χ2n) is 6.84. The summed E-state index contributed by atoms with van der Waals surface area (Å²) < 4.78 is 15.4. The van der Waals surface area contributed by atoms with E-state index in [0.29, 0.717) is 36.8 Å². The molecule has 3 amide bonds. The first-order valence-electron chi connectivity index (χ1n) is 9.44. The highest BCUT2D eigenvalue weighted by Gasteiger charge is 2.37. The summed E-state index contributed by atoms with van der Waals surface area (Å²) in [6, 6.07) is 5.18. The van der Waals surface area contributed by atoms with Crippen LogP contribution in [0.5, 0.6) is 11.5 Å². The summed E-state index contributed by atoms with van der Waals surface area (Å²) in [6.07, 6.45) is 0.810. The van der Waals surface area contributed by atoms with Crippen molar-refractivity contribution in [1.29, 1.82) is 0 Å². The van der Waals surface area contributed by atoms with E-state index in [9.17, 15) is 14.4 Å². The molecule has 1 atom stereocenters. The first kappa shape index (κ1) is 22.5. The van der Waals surface area contributed by atoms with Gasteiger partial charge in [-0.3, -0.25) is 14.4 Å². The first-order chi connectivity index (χ1) is 13.9. The minimum Gasteiger partial charge on any atom is -0.493 e. The maximum atomic E-state index is 12.7. The molecule has 1 aliphatic rings. The third kappa shape index (κ3) is 5.83. The monoisotopic (exact) mass is 407 g/mol. The summed E-state index contributed by atoms with van der Waals surface area (Å²) in [5.41, 5.74) is 0.640. The van der Waals surface area contributed by atoms with E-state index in [4.69, 9.17) is 14.2 Å². The lowest BCUT2D eigenvalue weighted by atomic mass is 10.1. The summed E-state index contributed by atoms with van der Waals surface area (Å²) in [7, 11) is 6.23. The molecule has 0 aromatic heterocycles. The van der Waals surface area contributed by atoms with Gasteiger partial charge in [0, 0.05) is 52.0 Å². The fraction of sp³-hybridized carbons (Fsp3) is 0.550. The van der Waals surface area contributed by atoms with E-state index in [1.165, 1.54) is 19.1 Å². The lowest BCUT2D eigenvalue weighted by Gasteiger charge is -2.21. The van der Waals surface area contributed by atoms with Gasteiger partial charge in [0.05, 0.1) is 26.7 Å². The lowest BCUT2D eigenvalue weighted by Crippen LogP contribution is -2.42. The molecule has 2 rings (SSSR count). The van der Waals surface area contributed by atoms with Crippen molar-refractivity contribution < 1.29 is 28.6 Å². The molecule has 9 nitrogen and oxygen atoms in total. The van der Waals surface area contributed by atoms with Gasteiger partial charge in [-0.2, -0.15) is 0 Å². The first-order valence-corrected chi connectivity index (χ1v) is 9.44. The van der Waals surface area contributed by atoms with Gasteiger partial charge in [0.25, 0.3) is 0 Å². The van der Waals surface area contributed by atoms with Gasteiger partial charge in [0.2, 0.25) is 17.7 Å². The van der Waals surface area contributed by atoms with Gasteiger partial charge < -0.3 is 29.3 Å². The summed E-state index contributed by atoms with van der Waals surface area (Å²) in [4.78, 5) is 40.1. The Morgan fingerprint density at radius 2 is 1.93 bits per heavy atom. The minimum atomic E-state index is -0.498. The second-order valence-corrected chi connectivity index (χ2v) is 6.84. The van der Waals surface area contributed by atoms with Crippen LogP contribution in [0.2, 0.25) is 0 Å². The Morgan fingerprint density at radius 3 is 2.59 bits per heavy atom. The Morgan fingerprint density at radius 1 is 1.21 bits per heavy atom. The number of ether oxygens (including phenoxy) is 3. The van der Waals surface area contributed by atoms with Gasteiger partial charge in [-0.15, -0.1) is 0 Å². The van der Waals surface area contributed by atoms with Crippen LogP contribution in [0, 0.1) is 5.92 Å². The minimum absolute atomic E-state index is 0.0487. The number of nitrogens with zero attached hydrogens (tertiary/aromatic N) is 2. The van der Waals surface area contributed by atoms with Crippen LogP contribution in [0.25, 0.3) is 0 Å². The number of amides is 3. The van der Waals surface area contributed by atoms with Crippen molar-refractivity contribution in [2.75, 3.05) is 59.5 Å². The topological polar surface area (TPSA) is 97.4 Å². The molecular formula is C20H29N3O6. The third-order valence-electron chi connectivity index (χ3n) is 4.76. The fourth-order valence-corrected chi connectivity index (χ4v) is 3.22. The molecule has 1 aromatic carbocycles. The zero-order valence-corrected chi connectivity index (χ0v) is 17.4.